The zero-order valence-corrected chi connectivity index (χ0v) is 11.4. The molecule has 0 N–H and O–H groups in total. The van der Waals surface area contributed by atoms with Crippen molar-refractivity contribution in [2.45, 2.75) is 13.1 Å². The van der Waals surface area contributed by atoms with E-state index < -0.39 is 0 Å². The molecule has 0 fully saturated rings. The van der Waals surface area contributed by atoms with Crippen LogP contribution < -0.4 is 0 Å². The molecule has 0 atom stereocenters. The molecule has 0 amide bonds. The molecule has 4 heteroatoms. The normalized spacial score (nSPS) is 10.4. The molecule has 0 radical (unpaired) electrons. The summed E-state index contributed by atoms with van der Waals surface area (Å²) in [5, 5.41) is 9.39. The number of hydrogen-bond donors (Lipinski definition) is 0. The van der Waals surface area contributed by atoms with Crippen LogP contribution in [0.15, 0.2) is 42.5 Å². The molecule has 0 saturated heterocycles. The van der Waals surface area contributed by atoms with Crippen LogP contribution in [0.5, 0.6) is 0 Å². The summed E-state index contributed by atoms with van der Waals surface area (Å²) in [7, 11) is 2.02. The highest BCUT2D eigenvalue weighted by Gasteiger charge is 2.04. The van der Waals surface area contributed by atoms with Crippen molar-refractivity contribution in [3.63, 3.8) is 0 Å². The molecular weight excluding hydrogens is 258 g/mol. The van der Waals surface area contributed by atoms with Gasteiger partial charge in [-0.1, -0.05) is 29.8 Å². The van der Waals surface area contributed by atoms with Crippen LogP contribution in [0.4, 0.5) is 0 Å². The maximum atomic E-state index is 8.87. The standard InChI is InChI=1S/C15H14ClN3/c1-19(11-14-6-3-7-15(16)18-14)10-13-5-2-4-12(8-13)9-17/h2-8H,10-11H2,1H3. The van der Waals surface area contributed by atoms with Gasteiger partial charge < -0.3 is 0 Å². The Kier molecular flexibility index (Phi) is 4.51. The first-order valence-electron chi connectivity index (χ1n) is 5.96. The molecule has 0 bridgehead atoms. The average Bonchev–Trinajstić information content (AvgIpc) is 2.38. The fourth-order valence-electron chi connectivity index (χ4n) is 1.92. The van der Waals surface area contributed by atoms with Gasteiger partial charge in [-0.15, -0.1) is 0 Å². The molecule has 0 aliphatic heterocycles. The van der Waals surface area contributed by atoms with Crippen LogP contribution in [0, 0.1) is 11.3 Å². The van der Waals surface area contributed by atoms with Gasteiger partial charge in [-0.3, -0.25) is 4.90 Å². The smallest absolute Gasteiger partial charge is 0.129 e. The number of aromatic nitrogens is 1. The van der Waals surface area contributed by atoms with Crippen molar-refractivity contribution < 1.29 is 0 Å². The molecule has 2 rings (SSSR count). The molecule has 2 aromatic rings. The van der Waals surface area contributed by atoms with Crippen LogP contribution >= 0.6 is 11.6 Å². The summed E-state index contributed by atoms with van der Waals surface area (Å²) in [6, 6.07) is 15.4. The van der Waals surface area contributed by atoms with Gasteiger partial charge >= 0.3 is 0 Å². The maximum Gasteiger partial charge on any atom is 0.129 e. The third-order valence-corrected chi connectivity index (χ3v) is 2.92. The van der Waals surface area contributed by atoms with E-state index >= 15 is 0 Å². The van der Waals surface area contributed by atoms with Crippen LogP contribution in [0.25, 0.3) is 0 Å². The topological polar surface area (TPSA) is 39.9 Å². The molecule has 19 heavy (non-hydrogen) atoms. The summed E-state index contributed by atoms with van der Waals surface area (Å²) in [4.78, 5) is 6.39. The number of nitrogens with zero attached hydrogens (tertiary/aromatic N) is 3. The Labute approximate surface area is 118 Å². The molecule has 96 valence electrons. The lowest BCUT2D eigenvalue weighted by atomic mass is 10.1. The maximum absolute atomic E-state index is 8.87. The third-order valence-electron chi connectivity index (χ3n) is 2.71. The SMILES string of the molecule is CN(Cc1cccc(C#N)c1)Cc1cccc(Cl)n1. The van der Waals surface area contributed by atoms with Crippen LogP contribution in [0.2, 0.25) is 5.15 Å². The second-order valence-corrected chi connectivity index (χ2v) is 4.82. The number of benzene rings is 1. The van der Waals surface area contributed by atoms with Gasteiger partial charge in [0.15, 0.2) is 0 Å². The first-order valence-corrected chi connectivity index (χ1v) is 6.34. The van der Waals surface area contributed by atoms with Crippen molar-refractivity contribution in [3.8, 4) is 6.07 Å². The van der Waals surface area contributed by atoms with Gasteiger partial charge in [0, 0.05) is 13.1 Å². The van der Waals surface area contributed by atoms with Crippen LogP contribution in [0.3, 0.4) is 0 Å². The minimum Gasteiger partial charge on any atom is -0.296 e. The Balaban J connectivity index is 2.01. The number of nitriles is 1. The van der Waals surface area contributed by atoms with E-state index in [1.165, 1.54) is 0 Å². The lowest BCUT2D eigenvalue weighted by Gasteiger charge is -2.16. The Hall–Kier alpha value is -1.89. The van der Waals surface area contributed by atoms with Crippen molar-refractivity contribution in [2.75, 3.05) is 7.05 Å². The summed E-state index contributed by atoms with van der Waals surface area (Å²) >= 11 is 5.86. The van der Waals surface area contributed by atoms with Crippen molar-refractivity contribution in [1.29, 1.82) is 5.26 Å². The Morgan fingerprint density at radius 2 is 2.00 bits per heavy atom. The minimum atomic E-state index is 0.511. The first-order chi connectivity index (χ1) is 9.17. The highest BCUT2D eigenvalue weighted by Crippen LogP contribution is 2.10. The zero-order chi connectivity index (χ0) is 13.7. The zero-order valence-electron chi connectivity index (χ0n) is 10.7. The molecular formula is C15H14ClN3. The third kappa shape index (κ3) is 4.06. The van der Waals surface area contributed by atoms with Crippen LogP contribution in [-0.4, -0.2) is 16.9 Å². The van der Waals surface area contributed by atoms with Crippen LogP contribution in [-0.2, 0) is 13.1 Å². The number of hydrogen-bond acceptors (Lipinski definition) is 3. The average molecular weight is 272 g/mol. The van der Waals surface area contributed by atoms with E-state index in [1.54, 1.807) is 6.07 Å². The number of pyridine rings is 1. The van der Waals surface area contributed by atoms with Crippen molar-refractivity contribution >= 4 is 11.6 Å². The molecule has 3 nitrogen and oxygen atoms in total. The van der Waals surface area contributed by atoms with E-state index in [-0.39, 0.29) is 0 Å². The highest BCUT2D eigenvalue weighted by molar-refractivity contribution is 6.29. The van der Waals surface area contributed by atoms with Crippen molar-refractivity contribution in [3.05, 3.63) is 64.4 Å². The lowest BCUT2D eigenvalue weighted by Crippen LogP contribution is -2.18. The minimum absolute atomic E-state index is 0.511. The summed E-state index contributed by atoms with van der Waals surface area (Å²) in [5.41, 5.74) is 2.74. The fraction of sp³-hybridized carbons (Fsp3) is 0.200. The van der Waals surface area contributed by atoms with Gasteiger partial charge in [-0.2, -0.15) is 5.26 Å². The van der Waals surface area contributed by atoms with E-state index in [9.17, 15) is 0 Å². The largest absolute Gasteiger partial charge is 0.296 e. The van der Waals surface area contributed by atoms with E-state index in [0.717, 1.165) is 24.3 Å². The molecule has 0 unspecified atom stereocenters. The summed E-state index contributed by atoms with van der Waals surface area (Å²) < 4.78 is 0. The van der Waals surface area contributed by atoms with Gasteiger partial charge in [0.05, 0.1) is 17.3 Å². The molecule has 1 aromatic carbocycles. The predicted octanol–water partition coefficient (Wildman–Crippen LogP) is 3.24. The van der Waals surface area contributed by atoms with Gasteiger partial charge in [0.2, 0.25) is 0 Å². The monoisotopic (exact) mass is 271 g/mol. The van der Waals surface area contributed by atoms with E-state index in [4.69, 9.17) is 16.9 Å². The highest BCUT2D eigenvalue weighted by atomic mass is 35.5. The lowest BCUT2D eigenvalue weighted by molar-refractivity contribution is 0.315. The molecule has 0 aliphatic carbocycles. The second-order valence-electron chi connectivity index (χ2n) is 4.44. The molecule has 0 aliphatic rings. The van der Waals surface area contributed by atoms with Crippen molar-refractivity contribution in [2.24, 2.45) is 0 Å². The second kappa shape index (κ2) is 6.33. The Morgan fingerprint density at radius 1 is 1.21 bits per heavy atom. The predicted molar refractivity (Wildman–Crippen MR) is 75.6 cm³/mol. The summed E-state index contributed by atoms with van der Waals surface area (Å²) in [5.74, 6) is 0. The first kappa shape index (κ1) is 13.5. The Morgan fingerprint density at radius 3 is 2.74 bits per heavy atom. The fourth-order valence-corrected chi connectivity index (χ4v) is 2.10. The number of rotatable bonds is 4. The van der Waals surface area contributed by atoms with E-state index in [0.29, 0.717) is 10.7 Å². The van der Waals surface area contributed by atoms with Gasteiger partial charge in [-0.25, -0.2) is 4.98 Å². The molecule has 1 heterocycles. The summed E-state index contributed by atoms with van der Waals surface area (Å²) in [6.45, 7) is 1.49. The van der Waals surface area contributed by atoms with E-state index in [1.807, 2.05) is 43.4 Å². The Bertz CT molecular complexity index is 604. The quantitative estimate of drug-likeness (QED) is 0.802. The van der Waals surface area contributed by atoms with E-state index in [2.05, 4.69) is 16.0 Å². The molecule has 1 aromatic heterocycles. The van der Waals surface area contributed by atoms with Gasteiger partial charge in [-0.05, 0) is 36.9 Å². The van der Waals surface area contributed by atoms with Crippen LogP contribution in [0.1, 0.15) is 16.8 Å². The number of halogens is 1. The molecule has 0 saturated carbocycles. The van der Waals surface area contributed by atoms with Gasteiger partial charge in [0.25, 0.3) is 0 Å². The molecule has 0 spiro atoms. The summed E-state index contributed by atoms with van der Waals surface area (Å²) in [6.07, 6.45) is 0. The van der Waals surface area contributed by atoms with Crippen molar-refractivity contribution in [1.82, 2.24) is 9.88 Å². The van der Waals surface area contributed by atoms with Gasteiger partial charge in [0.1, 0.15) is 5.15 Å².